The smallest absolute Gasteiger partial charge is 0.323 e. The zero-order valence-corrected chi connectivity index (χ0v) is 8.33. The Balaban J connectivity index is 4.13. The Labute approximate surface area is 79.0 Å². The molecule has 1 unspecified atom stereocenters. The van der Waals surface area contributed by atoms with Crippen LogP contribution >= 0.6 is 0 Å². The third kappa shape index (κ3) is 5.02. The quantitative estimate of drug-likeness (QED) is 0.492. The maximum Gasteiger partial charge on any atom is 0.323 e. The van der Waals surface area contributed by atoms with E-state index in [0.717, 1.165) is 5.57 Å². The molecule has 0 saturated heterocycles. The van der Waals surface area contributed by atoms with Gasteiger partial charge < -0.3 is 4.74 Å². The van der Waals surface area contributed by atoms with Crippen molar-refractivity contribution in [2.75, 3.05) is 6.61 Å². The molecule has 1 atom stereocenters. The molecule has 0 heterocycles. The number of ether oxygens (including phenoxy) is 1. The number of nitriles is 1. The summed E-state index contributed by atoms with van der Waals surface area (Å²) < 4.78 is 4.74. The van der Waals surface area contributed by atoms with Crippen LogP contribution in [-0.4, -0.2) is 12.6 Å². The van der Waals surface area contributed by atoms with Gasteiger partial charge in [0, 0.05) is 0 Å². The molecule has 0 fully saturated rings. The monoisotopic (exact) mass is 181 g/mol. The molecule has 13 heavy (non-hydrogen) atoms. The average molecular weight is 181 g/mol. The second-order valence-corrected chi connectivity index (χ2v) is 2.95. The van der Waals surface area contributed by atoms with Gasteiger partial charge in [0.1, 0.15) is 5.92 Å². The van der Waals surface area contributed by atoms with Crippen LogP contribution in [-0.2, 0) is 9.53 Å². The summed E-state index contributed by atoms with van der Waals surface area (Å²) in [7, 11) is 0. The molecule has 72 valence electrons. The second-order valence-electron chi connectivity index (χ2n) is 2.95. The van der Waals surface area contributed by atoms with E-state index in [0.29, 0.717) is 13.0 Å². The number of rotatable bonds is 4. The Hall–Kier alpha value is -1.30. The zero-order valence-electron chi connectivity index (χ0n) is 8.33. The highest BCUT2D eigenvalue weighted by Gasteiger charge is 2.16. The van der Waals surface area contributed by atoms with Gasteiger partial charge in [-0.2, -0.15) is 5.26 Å². The lowest BCUT2D eigenvalue weighted by Gasteiger charge is -2.05. The van der Waals surface area contributed by atoms with Gasteiger partial charge >= 0.3 is 5.97 Å². The van der Waals surface area contributed by atoms with Crippen molar-refractivity contribution in [3.8, 4) is 6.07 Å². The molecule has 3 heteroatoms. The first-order valence-electron chi connectivity index (χ1n) is 4.31. The van der Waals surface area contributed by atoms with Gasteiger partial charge in [0.05, 0.1) is 12.7 Å². The van der Waals surface area contributed by atoms with Crippen LogP contribution in [0.4, 0.5) is 0 Å². The highest BCUT2D eigenvalue weighted by atomic mass is 16.5. The summed E-state index contributed by atoms with van der Waals surface area (Å²) in [5.41, 5.74) is 1.10. The molecule has 0 amide bonds. The molecule has 0 aliphatic heterocycles. The number of esters is 1. The molecule has 0 radical (unpaired) electrons. The third-order valence-corrected chi connectivity index (χ3v) is 1.49. The van der Waals surface area contributed by atoms with Crippen molar-refractivity contribution < 1.29 is 9.53 Å². The van der Waals surface area contributed by atoms with Crippen molar-refractivity contribution in [3.63, 3.8) is 0 Å². The van der Waals surface area contributed by atoms with Gasteiger partial charge in [-0.15, -0.1) is 0 Å². The van der Waals surface area contributed by atoms with Crippen LogP contribution in [0.15, 0.2) is 11.6 Å². The van der Waals surface area contributed by atoms with Gasteiger partial charge in [0.2, 0.25) is 0 Å². The molecule has 0 spiro atoms. The molecule has 0 aliphatic rings. The van der Waals surface area contributed by atoms with Crippen molar-refractivity contribution in [2.24, 2.45) is 5.92 Å². The molecule has 0 rings (SSSR count). The standard InChI is InChI=1S/C10H15NO2/c1-4-13-10(12)9(7-11)6-5-8(2)3/h5,9H,4,6H2,1-3H3. The maximum absolute atomic E-state index is 11.1. The van der Waals surface area contributed by atoms with Crippen LogP contribution in [0.1, 0.15) is 27.2 Å². The largest absolute Gasteiger partial charge is 0.465 e. The SMILES string of the molecule is CCOC(=O)C(C#N)CC=C(C)C. The van der Waals surface area contributed by atoms with E-state index in [9.17, 15) is 4.79 Å². The van der Waals surface area contributed by atoms with Crippen LogP contribution in [0.3, 0.4) is 0 Å². The minimum atomic E-state index is -0.658. The van der Waals surface area contributed by atoms with Gasteiger partial charge in [-0.1, -0.05) is 11.6 Å². The van der Waals surface area contributed by atoms with Gasteiger partial charge in [0.25, 0.3) is 0 Å². The maximum atomic E-state index is 11.1. The minimum Gasteiger partial charge on any atom is -0.465 e. The van der Waals surface area contributed by atoms with Gasteiger partial charge in [0.15, 0.2) is 0 Å². The van der Waals surface area contributed by atoms with E-state index in [4.69, 9.17) is 10.00 Å². The summed E-state index contributed by atoms with van der Waals surface area (Å²) in [6, 6.07) is 1.92. The molecule has 0 saturated carbocycles. The van der Waals surface area contributed by atoms with Crippen LogP contribution in [0, 0.1) is 17.2 Å². The summed E-state index contributed by atoms with van der Waals surface area (Å²) in [6.45, 7) is 5.91. The van der Waals surface area contributed by atoms with E-state index in [1.54, 1.807) is 6.92 Å². The molecule has 3 nitrogen and oxygen atoms in total. The molecule has 0 bridgehead atoms. The Morgan fingerprint density at radius 1 is 1.62 bits per heavy atom. The Kier molecular flexibility index (Phi) is 5.62. The number of hydrogen-bond acceptors (Lipinski definition) is 3. The summed E-state index contributed by atoms with van der Waals surface area (Å²) in [4.78, 5) is 11.1. The lowest BCUT2D eigenvalue weighted by molar-refractivity contribution is -0.145. The lowest BCUT2D eigenvalue weighted by Crippen LogP contribution is -2.15. The zero-order chi connectivity index (χ0) is 10.3. The fourth-order valence-electron chi connectivity index (χ4n) is 0.798. The highest BCUT2D eigenvalue weighted by Crippen LogP contribution is 2.07. The molecular weight excluding hydrogens is 166 g/mol. The topological polar surface area (TPSA) is 50.1 Å². The van der Waals surface area contributed by atoms with Gasteiger partial charge in [-0.25, -0.2) is 0 Å². The van der Waals surface area contributed by atoms with Crippen molar-refractivity contribution in [3.05, 3.63) is 11.6 Å². The van der Waals surface area contributed by atoms with E-state index in [1.807, 2.05) is 26.0 Å². The fraction of sp³-hybridized carbons (Fsp3) is 0.600. The number of carbonyl (C=O) groups excluding carboxylic acids is 1. The van der Waals surface area contributed by atoms with Crippen molar-refractivity contribution in [2.45, 2.75) is 27.2 Å². The predicted molar refractivity (Wildman–Crippen MR) is 49.8 cm³/mol. The Bertz CT molecular complexity index is 234. The number of carbonyl (C=O) groups is 1. The minimum absolute atomic E-state index is 0.325. The van der Waals surface area contributed by atoms with Crippen molar-refractivity contribution in [1.29, 1.82) is 5.26 Å². The van der Waals surface area contributed by atoms with Crippen molar-refractivity contribution in [1.82, 2.24) is 0 Å². The molecule has 0 aliphatic carbocycles. The van der Waals surface area contributed by atoms with Crippen LogP contribution in [0.2, 0.25) is 0 Å². The van der Waals surface area contributed by atoms with Crippen LogP contribution < -0.4 is 0 Å². The lowest BCUT2D eigenvalue weighted by atomic mass is 10.1. The van der Waals surface area contributed by atoms with E-state index < -0.39 is 11.9 Å². The number of nitrogens with zero attached hydrogens (tertiary/aromatic N) is 1. The van der Waals surface area contributed by atoms with E-state index in [-0.39, 0.29) is 0 Å². The Morgan fingerprint density at radius 3 is 2.62 bits per heavy atom. The first-order chi connectivity index (χ1) is 6.11. The van der Waals surface area contributed by atoms with E-state index in [1.165, 1.54) is 0 Å². The molecule has 0 aromatic heterocycles. The average Bonchev–Trinajstić information content (AvgIpc) is 2.05. The van der Waals surface area contributed by atoms with Crippen LogP contribution in [0.5, 0.6) is 0 Å². The van der Waals surface area contributed by atoms with E-state index in [2.05, 4.69) is 0 Å². The molecule has 0 aromatic carbocycles. The fourth-order valence-corrected chi connectivity index (χ4v) is 0.798. The predicted octanol–water partition coefficient (Wildman–Crippen LogP) is 2.05. The normalized spacial score (nSPS) is 11.2. The first kappa shape index (κ1) is 11.7. The molecule has 0 N–H and O–H groups in total. The first-order valence-corrected chi connectivity index (χ1v) is 4.31. The number of hydrogen-bond donors (Lipinski definition) is 0. The van der Waals surface area contributed by atoms with Gasteiger partial charge in [-0.05, 0) is 27.2 Å². The van der Waals surface area contributed by atoms with Crippen LogP contribution in [0.25, 0.3) is 0 Å². The van der Waals surface area contributed by atoms with E-state index >= 15 is 0 Å². The highest BCUT2D eigenvalue weighted by molar-refractivity contribution is 5.75. The Morgan fingerprint density at radius 2 is 2.23 bits per heavy atom. The number of allylic oxidation sites excluding steroid dienone is 2. The summed E-state index contributed by atoms with van der Waals surface area (Å²) in [5, 5.41) is 8.66. The molecular formula is C10H15NO2. The summed E-state index contributed by atoms with van der Waals surface area (Å²) >= 11 is 0. The van der Waals surface area contributed by atoms with Crippen molar-refractivity contribution >= 4 is 5.97 Å². The van der Waals surface area contributed by atoms with Gasteiger partial charge in [-0.3, -0.25) is 4.79 Å². The second kappa shape index (κ2) is 6.24. The molecule has 0 aromatic rings. The summed E-state index contributed by atoms with van der Waals surface area (Å²) in [5.74, 6) is -1.09. The summed E-state index contributed by atoms with van der Waals surface area (Å²) in [6.07, 6.45) is 2.31. The third-order valence-electron chi connectivity index (χ3n) is 1.49.